The van der Waals surface area contributed by atoms with E-state index in [9.17, 15) is 4.79 Å². The summed E-state index contributed by atoms with van der Waals surface area (Å²) in [6.45, 7) is 14.3. The van der Waals surface area contributed by atoms with Crippen molar-refractivity contribution in [3.63, 3.8) is 0 Å². The van der Waals surface area contributed by atoms with Crippen LogP contribution < -0.4 is 0 Å². The van der Waals surface area contributed by atoms with Crippen LogP contribution in [-0.2, 0) is 4.79 Å². The van der Waals surface area contributed by atoms with Crippen molar-refractivity contribution >= 4 is 5.91 Å². The van der Waals surface area contributed by atoms with Gasteiger partial charge in [0.25, 0.3) is 0 Å². The average molecular weight is 243 g/mol. The molecule has 0 radical (unpaired) electrons. The Morgan fingerprint density at radius 2 is 1.47 bits per heavy atom. The molecule has 0 spiro atoms. The molecule has 0 aliphatic heterocycles. The first-order valence-electron chi connectivity index (χ1n) is 7.41. The van der Waals surface area contributed by atoms with Gasteiger partial charge in [0.1, 0.15) is 0 Å². The van der Waals surface area contributed by atoms with E-state index >= 15 is 0 Å². The third-order valence-corrected chi connectivity index (χ3v) is 2.82. The summed E-state index contributed by atoms with van der Waals surface area (Å²) in [4.78, 5) is 13.9. The molecule has 1 amide bonds. The van der Waals surface area contributed by atoms with Crippen LogP contribution in [0.15, 0.2) is 0 Å². The van der Waals surface area contributed by atoms with Gasteiger partial charge in [0.15, 0.2) is 0 Å². The van der Waals surface area contributed by atoms with Gasteiger partial charge in [0.05, 0.1) is 0 Å². The number of nitrogens with zero attached hydrogens (tertiary/aromatic N) is 1. The fourth-order valence-electron chi connectivity index (χ4n) is 1.75. The van der Waals surface area contributed by atoms with E-state index in [0.717, 1.165) is 25.9 Å². The Kier molecular flexibility index (Phi) is 15.0. The molecule has 0 N–H and O–H groups in total. The molecular weight excluding hydrogens is 210 g/mol. The molecule has 0 fully saturated rings. The van der Waals surface area contributed by atoms with Crippen LogP contribution >= 0.6 is 0 Å². The summed E-state index contributed by atoms with van der Waals surface area (Å²) in [5.74, 6) is 0.612. The average Bonchev–Trinajstić information content (AvgIpc) is 2.32. The molecule has 0 aliphatic rings. The molecular formula is C15H33NO. The van der Waals surface area contributed by atoms with E-state index in [1.165, 1.54) is 19.3 Å². The topological polar surface area (TPSA) is 20.3 Å². The Morgan fingerprint density at radius 3 is 1.76 bits per heavy atom. The maximum absolute atomic E-state index is 12.0. The third kappa shape index (κ3) is 9.20. The van der Waals surface area contributed by atoms with E-state index in [0.29, 0.717) is 5.91 Å². The number of rotatable bonds is 7. The fourth-order valence-corrected chi connectivity index (χ4v) is 1.75. The maximum Gasteiger partial charge on any atom is 0.225 e. The highest BCUT2D eigenvalue weighted by Gasteiger charge is 2.19. The van der Waals surface area contributed by atoms with Crippen molar-refractivity contribution in [2.75, 3.05) is 13.1 Å². The van der Waals surface area contributed by atoms with E-state index in [1.807, 2.05) is 18.7 Å². The van der Waals surface area contributed by atoms with Crippen molar-refractivity contribution in [1.29, 1.82) is 0 Å². The minimum Gasteiger partial charge on any atom is -0.343 e. The molecule has 0 aromatic rings. The van der Waals surface area contributed by atoms with Crippen molar-refractivity contribution in [3.8, 4) is 0 Å². The van der Waals surface area contributed by atoms with Gasteiger partial charge >= 0.3 is 0 Å². The normalized spacial score (nSPS) is 11.4. The molecule has 2 heteroatoms. The van der Waals surface area contributed by atoms with E-state index in [1.54, 1.807) is 0 Å². The lowest BCUT2D eigenvalue weighted by molar-refractivity contribution is -0.135. The van der Waals surface area contributed by atoms with Crippen LogP contribution in [0.4, 0.5) is 0 Å². The van der Waals surface area contributed by atoms with Gasteiger partial charge in [-0.2, -0.15) is 0 Å². The van der Waals surface area contributed by atoms with Gasteiger partial charge < -0.3 is 4.90 Å². The molecule has 0 aromatic carbocycles. The highest BCUT2D eigenvalue weighted by Crippen LogP contribution is 2.15. The van der Waals surface area contributed by atoms with E-state index in [2.05, 4.69) is 27.7 Å². The standard InChI is InChI=1S/C12H25NO.C3H8/c1-5-9-10-11(6-2)12(14)13(7-3)8-4;1-3-2/h11H,5-10H2,1-4H3;3H2,1-2H3. The van der Waals surface area contributed by atoms with Gasteiger partial charge in [-0.25, -0.2) is 0 Å². The van der Waals surface area contributed by atoms with Gasteiger partial charge in [0, 0.05) is 19.0 Å². The van der Waals surface area contributed by atoms with Gasteiger partial charge in [-0.05, 0) is 26.7 Å². The zero-order chi connectivity index (χ0) is 13.7. The Labute approximate surface area is 109 Å². The number of amides is 1. The van der Waals surface area contributed by atoms with Crippen LogP contribution in [0, 0.1) is 5.92 Å². The molecule has 0 bridgehead atoms. The first-order valence-corrected chi connectivity index (χ1v) is 7.41. The molecule has 0 heterocycles. The van der Waals surface area contributed by atoms with Gasteiger partial charge in [-0.3, -0.25) is 4.79 Å². The van der Waals surface area contributed by atoms with Crippen molar-refractivity contribution in [2.24, 2.45) is 5.92 Å². The quantitative estimate of drug-likeness (QED) is 0.645. The molecule has 104 valence electrons. The molecule has 0 aromatic heterocycles. The summed E-state index contributed by atoms with van der Waals surface area (Å²) in [7, 11) is 0. The SMILES string of the molecule is CCC.CCCCC(CC)C(=O)N(CC)CC. The zero-order valence-electron chi connectivity index (χ0n) is 12.9. The predicted octanol–water partition coefficient (Wildman–Crippen LogP) is 4.49. The number of carbonyl (C=O) groups is 1. The molecule has 0 saturated heterocycles. The summed E-state index contributed by atoms with van der Waals surface area (Å²) in [6, 6.07) is 0. The van der Waals surface area contributed by atoms with E-state index in [-0.39, 0.29) is 5.92 Å². The largest absolute Gasteiger partial charge is 0.343 e. The monoisotopic (exact) mass is 243 g/mol. The Bertz CT molecular complexity index is 164. The van der Waals surface area contributed by atoms with Crippen LogP contribution in [0.5, 0.6) is 0 Å². The highest BCUT2D eigenvalue weighted by atomic mass is 16.2. The second-order valence-electron chi connectivity index (χ2n) is 4.47. The second-order valence-corrected chi connectivity index (χ2v) is 4.47. The minimum absolute atomic E-state index is 0.259. The first kappa shape index (κ1) is 18.8. The number of hydrogen-bond acceptors (Lipinski definition) is 1. The minimum atomic E-state index is 0.259. The van der Waals surface area contributed by atoms with Gasteiger partial charge in [0.2, 0.25) is 5.91 Å². The summed E-state index contributed by atoms with van der Waals surface area (Å²) in [6.07, 6.45) is 5.64. The number of carbonyl (C=O) groups excluding carboxylic acids is 1. The number of hydrogen-bond donors (Lipinski definition) is 0. The fraction of sp³-hybridized carbons (Fsp3) is 0.933. The van der Waals surface area contributed by atoms with E-state index < -0.39 is 0 Å². The third-order valence-electron chi connectivity index (χ3n) is 2.82. The van der Waals surface area contributed by atoms with E-state index in [4.69, 9.17) is 0 Å². The number of unbranched alkanes of at least 4 members (excludes halogenated alkanes) is 1. The first-order chi connectivity index (χ1) is 8.12. The summed E-state index contributed by atoms with van der Waals surface area (Å²) in [5, 5.41) is 0. The summed E-state index contributed by atoms with van der Waals surface area (Å²) >= 11 is 0. The Balaban J connectivity index is 0. The maximum atomic E-state index is 12.0. The lowest BCUT2D eigenvalue weighted by Crippen LogP contribution is -2.35. The lowest BCUT2D eigenvalue weighted by atomic mass is 9.98. The Morgan fingerprint density at radius 1 is 1.00 bits per heavy atom. The predicted molar refractivity (Wildman–Crippen MR) is 77.2 cm³/mol. The second kappa shape index (κ2) is 13.5. The molecule has 1 unspecified atom stereocenters. The van der Waals surface area contributed by atoms with Crippen LogP contribution in [-0.4, -0.2) is 23.9 Å². The van der Waals surface area contributed by atoms with Crippen molar-refractivity contribution < 1.29 is 4.79 Å². The summed E-state index contributed by atoms with van der Waals surface area (Å²) < 4.78 is 0. The molecule has 0 saturated carbocycles. The van der Waals surface area contributed by atoms with Crippen molar-refractivity contribution in [2.45, 2.75) is 73.6 Å². The van der Waals surface area contributed by atoms with Crippen LogP contribution in [0.3, 0.4) is 0 Å². The van der Waals surface area contributed by atoms with Gasteiger partial charge in [-0.15, -0.1) is 0 Å². The zero-order valence-corrected chi connectivity index (χ0v) is 12.9. The highest BCUT2D eigenvalue weighted by molar-refractivity contribution is 5.78. The lowest BCUT2D eigenvalue weighted by Gasteiger charge is -2.24. The van der Waals surface area contributed by atoms with Gasteiger partial charge in [-0.1, -0.05) is 47.0 Å². The van der Waals surface area contributed by atoms with Crippen LogP contribution in [0.2, 0.25) is 0 Å². The Hall–Kier alpha value is -0.530. The van der Waals surface area contributed by atoms with Crippen LogP contribution in [0.1, 0.15) is 73.6 Å². The van der Waals surface area contributed by atoms with Crippen molar-refractivity contribution in [1.82, 2.24) is 4.90 Å². The smallest absolute Gasteiger partial charge is 0.225 e. The molecule has 0 aliphatic carbocycles. The van der Waals surface area contributed by atoms with Crippen molar-refractivity contribution in [3.05, 3.63) is 0 Å². The molecule has 2 nitrogen and oxygen atoms in total. The molecule has 0 rings (SSSR count). The molecule has 1 atom stereocenters. The summed E-state index contributed by atoms with van der Waals surface area (Å²) in [5.41, 5.74) is 0. The molecule has 17 heavy (non-hydrogen) atoms. The van der Waals surface area contributed by atoms with Crippen LogP contribution in [0.25, 0.3) is 0 Å².